The number of hydrogen-bond donors (Lipinski definition) is 1. The first-order valence-electron chi connectivity index (χ1n) is 6.94. The number of nitrogens with one attached hydrogen (secondary N) is 1. The Morgan fingerprint density at radius 2 is 1.70 bits per heavy atom. The highest BCUT2D eigenvalue weighted by Crippen LogP contribution is 2.18. The van der Waals surface area contributed by atoms with Crippen LogP contribution in [0.25, 0.3) is 0 Å². The van der Waals surface area contributed by atoms with Gasteiger partial charge in [0.05, 0.1) is 0 Å². The number of pyridine rings is 1. The topological polar surface area (TPSA) is 28.2 Å². The average Bonchev–Trinajstić information content (AvgIpc) is 2.38. The van der Waals surface area contributed by atoms with Crippen LogP contribution in [-0.4, -0.2) is 17.6 Å². The van der Waals surface area contributed by atoms with Crippen LogP contribution in [0.15, 0.2) is 48.5 Å². The molecule has 3 nitrogen and oxygen atoms in total. The molecule has 0 saturated carbocycles. The van der Waals surface area contributed by atoms with Crippen LogP contribution in [-0.2, 0) is 6.54 Å². The molecule has 1 heterocycles. The second-order valence-electron chi connectivity index (χ2n) is 6.10. The maximum atomic E-state index is 4.67. The van der Waals surface area contributed by atoms with Crippen LogP contribution < -0.4 is 10.2 Å². The van der Waals surface area contributed by atoms with E-state index in [1.807, 2.05) is 24.3 Å². The van der Waals surface area contributed by atoms with Crippen molar-refractivity contribution in [2.24, 2.45) is 0 Å². The molecule has 1 N–H and O–H groups in total. The monoisotopic (exact) mass is 269 g/mol. The first-order chi connectivity index (χ1) is 9.44. The van der Waals surface area contributed by atoms with Crippen LogP contribution in [0.4, 0.5) is 11.6 Å². The molecule has 106 valence electrons. The van der Waals surface area contributed by atoms with Gasteiger partial charge in [0.2, 0.25) is 0 Å². The summed E-state index contributed by atoms with van der Waals surface area (Å²) in [5.74, 6) is 1.89. The van der Waals surface area contributed by atoms with Crippen LogP contribution in [0.5, 0.6) is 0 Å². The fourth-order valence-corrected chi connectivity index (χ4v) is 2.03. The molecule has 0 aliphatic carbocycles. The molecule has 0 atom stereocenters. The highest BCUT2D eigenvalue weighted by atomic mass is 15.2. The van der Waals surface area contributed by atoms with E-state index in [0.29, 0.717) is 0 Å². The van der Waals surface area contributed by atoms with Crippen LogP contribution in [0.2, 0.25) is 0 Å². The zero-order valence-electron chi connectivity index (χ0n) is 12.7. The number of rotatable bonds is 4. The van der Waals surface area contributed by atoms with E-state index < -0.39 is 0 Å². The Hall–Kier alpha value is -2.03. The molecule has 0 bridgehead atoms. The lowest BCUT2D eigenvalue weighted by atomic mass is 10.1. The standard InChI is InChI=1S/C17H23N3/c1-17(2,3)19-15-11-8-12-16(18-15)20(4)13-14-9-6-5-7-10-14/h5-12H,13H2,1-4H3,(H,18,19). The average molecular weight is 269 g/mol. The van der Waals surface area contributed by atoms with E-state index in [9.17, 15) is 0 Å². The van der Waals surface area contributed by atoms with Crippen LogP contribution in [0, 0.1) is 0 Å². The van der Waals surface area contributed by atoms with Crippen molar-refractivity contribution in [2.45, 2.75) is 32.9 Å². The molecule has 20 heavy (non-hydrogen) atoms. The Balaban J connectivity index is 2.10. The molecule has 0 spiro atoms. The van der Waals surface area contributed by atoms with Crippen molar-refractivity contribution in [1.82, 2.24) is 4.98 Å². The molecule has 0 fully saturated rings. The fraction of sp³-hybridized carbons (Fsp3) is 0.353. The van der Waals surface area contributed by atoms with Gasteiger partial charge in [-0.05, 0) is 38.5 Å². The van der Waals surface area contributed by atoms with Gasteiger partial charge in [-0.15, -0.1) is 0 Å². The van der Waals surface area contributed by atoms with Gasteiger partial charge in [-0.3, -0.25) is 0 Å². The molecule has 0 aliphatic heterocycles. The first kappa shape index (κ1) is 14.4. The summed E-state index contributed by atoms with van der Waals surface area (Å²) in [7, 11) is 2.07. The molecule has 0 saturated heterocycles. The van der Waals surface area contributed by atoms with E-state index in [4.69, 9.17) is 0 Å². The highest BCUT2D eigenvalue weighted by Gasteiger charge is 2.11. The minimum atomic E-state index is 0.0175. The third-order valence-corrected chi connectivity index (χ3v) is 2.89. The molecule has 0 unspecified atom stereocenters. The van der Waals surface area contributed by atoms with Crippen LogP contribution in [0.1, 0.15) is 26.3 Å². The zero-order chi connectivity index (χ0) is 14.6. The number of aromatic nitrogens is 1. The molecule has 2 rings (SSSR count). The van der Waals surface area contributed by atoms with E-state index in [0.717, 1.165) is 18.2 Å². The number of anilines is 2. The summed E-state index contributed by atoms with van der Waals surface area (Å²) in [6.45, 7) is 7.26. The quantitative estimate of drug-likeness (QED) is 0.911. The molecular weight excluding hydrogens is 246 g/mol. The van der Waals surface area contributed by atoms with E-state index in [-0.39, 0.29) is 5.54 Å². The minimum Gasteiger partial charge on any atom is -0.365 e. The second-order valence-corrected chi connectivity index (χ2v) is 6.10. The molecule has 3 heteroatoms. The van der Waals surface area contributed by atoms with Crippen molar-refractivity contribution >= 4 is 11.6 Å². The summed E-state index contributed by atoms with van der Waals surface area (Å²) < 4.78 is 0. The van der Waals surface area contributed by atoms with Crippen molar-refractivity contribution in [3.63, 3.8) is 0 Å². The van der Waals surface area contributed by atoms with Crippen molar-refractivity contribution < 1.29 is 0 Å². The normalized spacial score (nSPS) is 11.2. The Labute approximate surface area is 121 Å². The third-order valence-electron chi connectivity index (χ3n) is 2.89. The summed E-state index contributed by atoms with van der Waals surface area (Å²) >= 11 is 0. The summed E-state index contributed by atoms with van der Waals surface area (Å²) in [4.78, 5) is 6.82. The van der Waals surface area contributed by atoms with Gasteiger partial charge in [-0.1, -0.05) is 36.4 Å². The fourth-order valence-electron chi connectivity index (χ4n) is 2.03. The maximum Gasteiger partial charge on any atom is 0.130 e. The predicted octanol–water partition coefficient (Wildman–Crippen LogP) is 3.93. The first-order valence-corrected chi connectivity index (χ1v) is 6.94. The lowest BCUT2D eigenvalue weighted by Crippen LogP contribution is -2.27. The maximum absolute atomic E-state index is 4.67. The van der Waals surface area contributed by atoms with E-state index in [2.05, 4.69) is 67.3 Å². The lowest BCUT2D eigenvalue weighted by molar-refractivity contribution is 0.630. The molecule has 1 aromatic carbocycles. The smallest absolute Gasteiger partial charge is 0.130 e. The Bertz CT molecular complexity index is 544. The summed E-state index contributed by atoms with van der Waals surface area (Å²) in [5, 5.41) is 3.40. The Morgan fingerprint density at radius 1 is 1.00 bits per heavy atom. The highest BCUT2D eigenvalue weighted by molar-refractivity contribution is 5.48. The second kappa shape index (κ2) is 5.95. The van der Waals surface area contributed by atoms with E-state index in [1.165, 1.54) is 5.56 Å². The van der Waals surface area contributed by atoms with Gasteiger partial charge in [-0.25, -0.2) is 4.98 Å². The Morgan fingerprint density at radius 3 is 2.35 bits per heavy atom. The molecular formula is C17H23N3. The zero-order valence-corrected chi connectivity index (χ0v) is 12.7. The van der Waals surface area contributed by atoms with Gasteiger partial charge < -0.3 is 10.2 Å². The molecule has 0 radical (unpaired) electrons. The van der Waals surface area contributed by atoms with Gasteiger partial charge in [-0.2, -0.15) is 0 Å². The summed E-state index contributed by atoms with van der Waals surface area (Å²) in [5.41, 5.74) is 1.30. The SMILES string of the molecule is CN(Cc1ccccc1)c1cccc(NC(C)(C)C)n1. The third kappa shape index (κ3) is 4.26. The number of nitrogens with zero attached hydrogens (tertiary/aromatic N) is 2. The minimum absolute atomic E-state index is 0.0175. The molecule has 1 aromatic heterocycles. The van der Waals surface area contributed by atoms with Crippen LogP contribution in [0.3, 0.4) is 0 Å². The lowest BCUT2D eigenvalue weighted by Gasteiger charge is -2.23. The molecule has 2 aromatic rings. The van der Waals surface area contributed by atoms with Gasteiger partial charge in [0.1, 0.15) is 11.6 Å². The van der Waals surface area contributed by atoms with Crippen LogP contribution >= 0.6 is 0 Å². The van der Waals surface area contributed by atoms with Gasteiger partial charge in [0.15, 0.2) is 0 Å². The van der Waals surface area contributed by atoms with Crippen molar-refractivity contribution in [3.8, 4) is 0 Å². The van der Waals surface area contributed by atoms with Crippen molar-refractivity contribution in [1.29, 1.82) is 0 Å². The van der Waals surface area contributed by atoms with Gasteiger partial charge in [0.25, 0.3) is 0 Å². The molecule has 0 aliphatic rings. The van der Waals surface area contributed by atoms with Crippen molar-refractivity contribution in [3.05, 3.63) is 54.1 Å². The number of hydrogen-bond acceptors (Lipinski definition) is 3. The van der Waals surface area contributed by atoms with Gasteiger partial charge >= 0.3 is 0 Å². The molecule has 0 amide bonds. The van der Waals surface area contributed by atoms with Gasteiger partial charge in [0, 0.05) is 19.1 Å². The summed E-state index contributed by atoms with van der Waals surface area (Å²) in [6.07, 6.45) is 0. The van der Waals surface area contributed by atoms with E-state index >= 15 is 0 Å². The Kier molecular flexibility index (Phi) is 4.28. The predicted molar refractivity (Wildman–Crippen MR) is 86.2 cm³/mol. The van der Waals surface area contributed by atoms with Crippen molar-refractivity contribution in [2.75, 3.05) is 17.3 Å². The van der Waals surface area contributed by atoms with E-state index in [1.54, 1.807) is 0 Å². The largest absolute Gasteiger partial charge is 0.365 e. The number of benzene rings is 1. The summed E-state index contributed by atoms with van der Waals surface area (Å²) in [6, 6.07) is 16.5.